The van der Waals surface area contributed by atoms with E-state index in [-0.39, 0.29) is 0 Å². The summed E-state index contributed by atoms with van der Waals surface area (Å²) in [5.41, 5.74) is 0. The van der Waals surface area contributed by atoms with E-state index in [2.05, 4.69) is 10.7 Å². The van der Waals surface area contributed by atoms with Gasteiger partial charge in [0.15, 0.2) is 0 Å². The molecule has 0 aliphatic carbocycles. The first kappa shape index (κ1) is 30.0. The summed E-state index contributed by atoms with van der Waals surface area (Å²) in [6.07, 6.45) is -12.4. The van der Waals surface area contributed by atoms with Gasteiger partial charge in [0.1, 0.15) is 0 Å². The molecule has 0 heterocycles. The van der Waals surface area contributed by atoms with Gasteiger partial charge in [-0.3, -0.25) is 0 Å². The summed E-state index contributed by atoms with van der Waals surface area (Å²) in [6, 6.07) is 0. The number of rotatable bonds is 9. The lowest BCUT2D eigenvalue weighted by Gasteiger charge is -2.42. The van der Waals surface area contributed by atoms with Crippen LogP contribution >= 0.6 is 10.7 Å². The molecule has 0 rings (SSSR count). The molecular formula is C10H4ClF17O2S. The van der Waals surface area contributed by atoms with Crippen molar-refractivity contribution in [2.24, 2.45) is 0 Å². The van der Waals surface area contributed by atoms with Crippen molar-refractivity contribution in [2.75, 3.05) is 0 Å². The van der Waals surface area contributed by atoms with Crippen LogP contribution in [0.25, 0.3) is 0 Å². The molecular weight excluding hydrogens is 543 g/mol. The Balaban J connectivity index is 6.63. The van der Waals surface area contributed by atoms with E-state index in [4.69, 9.17) is 0 Å². The van der Waals surface area contributed by atoms with Crippen LogP contribution in [-0.2, 0) is 9.05 Å². The molecule has 0 aliphatic rings. The second kappa shape index (κ2) is 7.54. The van der Waals surface area contributed by atoms with Crippen LogP contribution in [0, 0.1) is 0 Å². The molecule has 0 unspecified atom stereocenters. The van der Waals surface area contributed by atoms with Gasteiger partial charge in [0, 0.05) is 23.5 Å². The largest absolute Gasteiger partial charge is 0.427 e. The maximum atomic E-state index is 13.3. The molecule has 0 aromatic rings. The van der Waals surface area contributed by atoms with Crippen molar-refractivity contribution in [2.45, 2.75) is 59.8 Å². The highest BCUT2D eigenvalue weighted by molar-refractivity contribution is 8.14. The smallest absolute Gasteiger partial charge is 0.206 e. The molecule has 188 valence electrons. The lowest BCUT2D eigenvalue weighted by molar-refractivity contribution is -0.436. The summed E-state index contributed by atoms with van der Waals surface area (Å²) >= 11 is 0. The Morgan fingerprint density at radius 2 is 0.774 bits per heavy atom. The van der Waals surface area contributed by atoms with E-state index in [0.29, 0.717) is 0 Å². The molecule has 0 amide bonds. The molecule has 2 nitrogen and oxygen atoms in total. The first-order valence-electron chi connectivity index (χ1n) is 6.61. The topological polar surface area (TPSA) is 34.1 Å². The summed E-state index contributed by atoms with van der Waals surface area (Å²) in [4.78, 5) is 0. The molecule has 21 heteroatoms. The average Bonchev–Trinajstić information content (AvgIpc) is 2.50. The van der Waals surface area contributed by atoms with Gasteiger partial charge in [-0.1, -0.05) is 0 Å². The predicted molar refractivity (Wildman–Crippen MR) is 64.7 cm³/mol. The molecule has 0 aliphatic heterocycles. The van der Waals surface area contributed by atoms with Gasteiger partial charge in [-0.2, -0.15) is 74.6 Å². The Morgan fingerprint density at radius 3 is 1.06 bits per heavy atom. The van der Waals surface area contributed by atoms with Crippen molar-refractivity contribution in [3.05, 3.63) is 0 Å². The van der Waals surface area contributed by atoms with Crippen LogP contribution in [0.2, 0.25) is 0 Å². The summed E-state index contributed by atoms with van der Waals surface area (Å²) < 4.78 is 240. The Labute approximate surface area is 163 Å². The first-order chi connectivity index (χ1) is 13.0. The Kier molecular flexibility index (Phi) is 7.31. The number of hydrogen-bond acceptors (Lipinski definition) is 2. The van der Waals surface area contributed by atoms with Crippen molar-refractivity contribution in [3.63, 3.8) is 0 Å². The number of halogens is 18. The second-order valence-electron chi connectivity index (χ2n) is 5.65. The van der Waals surface area contributed by atoms with E-state index in [1.54, 1.807) is 0 Å². The fraction of sp³-hybridized carbons (Fsp3) is 1.00. The highest BCUT2D eigenvalue weighted by Crippen LogP contribution is 2.63. The van der Waals surface area contributed by atoms with E-state index in [1.807, 2.05) is 0 Å². The minimum Gasteiger partial charge on any atom is -0.206 e. The van der Waals surface area contributed by atoms with E-state index < -0.39 is 68.9 Å². The van der Waals surface area contributed by atoms with Crippen LogP contribution in [0.1, 0.15) is 12.8 Å². The van der Waals surface area contributed by atoms with Crippen molar-refractivity contribution >= 4 is 19.7 Å². The van der Waals surface area contributed by atoms with Crippen LogP contribution < -0.4 is 0 Å². The number of hydrogen-bond donors (Lipinski definition) is 0. The third-order valence-electron chi connectivity index (χ3n) is 3.43. The Morgan fingerprint density at radius 1 is 0.484 bits per heavy atom. The summed E-state index contributed by atoms with van der Waals surface area (Å²) in [7, 11) is -3.74. The molecule has 0 bridgehead atoms. The van der Waals surface area contributed by atoms with Crippen LogP contribution in [-0.4, -0.2) is 55.4 Å². The van der Waals surface area contributed by atoms with Crippen LogP contribution in [0.4, 0.5) is 74.6 Å². The van der Waals surface area contributed by atoms with Gasteiger partial charge in [0.2, 0.25) is 0 Å². The van der Waals surface area contributed by atoms with Crippen molar-refractivity contribution in [1.82, 2.24) is 0 Å². The molecule has 0 aromatic heterocycles. The third kappa shape index (κ3) is 4.46. The Bertz CT molecular complexity index is 768. The third-order valence-corrected chi connectivity index (χ3v) is 4.88. The summed E-state index contributed by atoms with van der Waals surface area (Å²) in [5, 5.41) is -7.56. The van der Waals surface area contributed by atoms with Crippen molar-refractivity contribution in [1.29, 1.82) is 0 Å². The minimum atomic E-state index is -8.61. The van der Waals surface area contributed by atoms with Gasteiger partial charge in [-0.15, -0.1) is 0 Å². The molecule has 31 heavy (non-hydrogen) atoms. The van der Waals surface area contributed by atoms with Crippen molar-refractivity contribution < 1.29 is 83.1 Å². The highest BCUT2D eigenvalue weighted by atomic mass is 35.7. The summed E-state index contributed by atoms with van der Waals surface area (Å²) in [5.74, 6) is -48.8. The lowest BCUT2D eigenvalue weighted by atomic mass is 9.90. The predicted octanol–water partition coefficient (Wildman–Crippen LogP) is 6.30. The van der Waals surface area contributed by atoms with E-state index in [9.17, 15) is 83.1 Å². The standard InChI is InChI=1S/C10H4ClF17O2S/c11-31(29,30)10(27,28)9(25,26)8(23,24)7(21,22)6(19,20)5(17,18)3(12,13)1-2-4(14,15)16/h1-2H2. The van der Waals surface area contributed by atoms with Gasteiger partial charge in [-0.05, 0) is 0 Å². The molecule has 0 atom stereocenters. The molecule has 0 spiro atoms. The zero-order valence-electron chi connectivity index (χ0n) is 13.4. The second-order valence-corrected chi connectivity index (χ2v) is 8.25. The maximum absolute atomic E-state index is 13.3. The van der Waals surface area contributed by atoms with Gasteiger partial charge in [0.25, 0.3) is 0 Å². The van der Waals surface area contributed by atoms with E-state index in [0.717, 1.165) is 0 Å². The summed E-state index contributed by atoms with van der Waals surface area (Å²) in [6.45, 7) is 0. The quantitative estimate of drug-likeness (QED) is 0.251. The SMILES string of the molecule is O=S(=O)(Cl)C(F)(F)C(F)(F)C(F)(F)C(F)(F)C(F)(F)C(F)(F)C(F)(F)CCC(F)(F)F. The molecule has 0 N–H and O–H groups in total. The number of alkyl halides is 17. The Hall–Kier alpha value is -0.950. The van der Waals surface area contributed by atoms with E-state index in [1.165, 1.54) is 0 Å². The molecule has 0 fully saturated rings. The van der Waals surface area contributed by atoms with Gasteiger partial charge < -0.3 is 0 Å². The zero-order valence-corrected chi connectivity index (χ0v) is 15.0. The van der Waals surface area contributed by atoms with Crippen LogP contribution in [0.3, 0.4) is 0 Å². The molecule has 0 aromatic carbocycles. The van der Waals surface area contributed by atoms with Crippen molar-refractivity contribution in [3.8, 4) is 0 Å². The van der Waals surface area contributed by atoms with Gasteiger partial charge >= 0.3 is 56.0 Å². The van der Waals surface area contributed by atoms with Gasteiger partial charge in [-0.25, -0.2) is 8.42 Å². The maximum Gasteiger partial charge on any atom is 0.427 e. The average molecular weight is 547 g/mol. The normalized spacial score (nSPS) is 16.6. The highest BCUT2D eigenvalue weighted by Gasteiger charge is 2.94. The fourth-order valence-electron chi connectivity index (χ4n) is 1.61. The van der Waals surface area contributed by atoms with Crippen LogP contribution in [0.15, 0.2) is 0 Å². The van der Waals surface area contributed by atoms with Crippen LogP contribution in [0.5, 0.6) is 0 Å². The molecule has 0 saturated heterocycles. The zero-order chi connectivity index (χ0) is 25.9. The first-order valence-corrected chi connectivity index (χ1v) is 8.92. The lowest BCUT2D eigenvalue weighted by Crippen LogP contribution is -2.73. The minimum absolute atomic E-state index is 3.09. The fourth-order valence-corrected chi connectivity index (χ4v) is 2.34. The monoisotopic (exact) mass is 546 g/mol. The van der Waals surface area contributed by atoms with Gasteiger partial charge in [0.05, 0.1) is 0 Å². The van der Waals surface area contributed by atoms with E-state index >= 15 is 0 Å². The molecule has 0 saturated carbocycles. The molecule has 0 radical (unpaired) electrons.